The number of quaternary nitrogens is 1. The van der Waals surface area contributed by atoms with Crippen LogP contribution in [0.3, 0.4) is 0 Å². The zero-order chi connectivity index (χ0) is 15.6. The van der Waals surface area contributed by atoms with Gasteiger partial charge in [0.25, 0.3) is 5.91 Å². The summed E-state index contributed by atoms with van der Waals surface area (Å²) in [7, 11) is 0. The van der Waals surface area contributed by atoms with Gasteiger partial charge in [-0.1, -0.05) is 30.3 Å². The number of amides is 1. The van der Waals surface area contributed by atoms with Gasteiger partial charge in [0.1, 0.15) is 6.54 Å². The van der Waals surface area contributed by atoms with Gasteiger partial charge in [0, 0.05) is 17.7 Å². The molecular weight excluding hydrogens is 284 g/mol. The van der Waals surface area contributed by atoms with E-state index in [1.807, 2.05) is 6.07 Å². The quantitative estimate of drug-likeness (QED) is 0.890. The van der Waals surface area contributed by atoms with E-state index in [0.717, 1.165) is 31.6 Å². The molecule has 2 aromatic carbocycles. The van der Waals surface area contributed by atoms with E-state index in [4.69, 9.17) is 0 Å². The Morgan fingerprint density at radius 3 is 2.65 bits per heavy atom. The lowest BCUT2D eigenvalue weighted by Gasteiger charge is -2.25. The van der Waals surface area contributed by atoms with Gasteiger partial charge in [-0.3, -0.25) is 4.79 Å². The highest BCUT2D eigenvalue weighted by atomic mass is 16.2. The molecule has 1 aliphatic heterocycles. The van der Waals surface area contributed by atoms with Crippen LogP contribution in [0.15, 0.2) is 42.5 Å². The first-order valence-corrected chi connectivity index (χ1v) is 8.60. The molecule has 2 aliphatic rings. The molecule has 2 aromatic rings. The normalized spacial score (nSPS) is 19.0. The van der Waals surface area contributed by atoms with Crippen molar-refractivity contribution in [3.05, 3.63) is 64.7 Å². The number of anilines is 1. The van der Waals surface area contributed by atoms with Gasteiger partial charge < -0.3 is 10.2 Å². The van der Waals surface area contributed by atoms with Crippen molar-refractivity contribution >= 4 is 11.6 Å². The van der Waals surface area contributed by atoms with Crippen molar-refractivity contribution in [1.82, 2.24) is 0 Å². The second-order valence-corrected chi connectivity index (χ2v) is 6.76. The molecule has 1 aliphatic carbocycles. The van der Waals surface area contributed by atoms with Gasteiger partial charge in [-0.25, -0.2) is 0 Å². The Hall–Kier alpha value is -2.13. The molecule has 0 bridgehead atoms. The Bertz CT molecular complexity index is 738. The summed E-state index contributed by atoms with van der Waals surface area (Å²) in [5.74, 6) is 0.123. The highest BCUT2D eigenvalue weighted by Crippen LogP contribution is 2.24. The van der Waals surface area contributed by atoms with Gasteiger partial charge in [0.2, 0.25) is 0 Å². The first-order chi connectivity index (χ1) is 11.3. The number of aryl methyl sites for hydroxylation is 2. The van der Waals surface area contributed by atoms with Crippen LogP contribution in [-0.4, -0.2) is 19.0 Å². The molecule has 0 spiro atoms. The summed E-state index contributed by atoms with van der Waals surface area (Å²) in [6.07, 6.45) is 4.63. The maximum Gasteiger partial charge on any atom is 0.279 e. The summed E-state index contributed by atoms with van der Waals surface area (Å²) in [6, 6.07) is 15.0. The number of carbonyl (C=O) groups excluding carboxylic acids is 1. The van der Waals surface area contributed by atoms with Crippen LogP contribution < -0.4 is 10.2 Å². The molecule has 4 rings (SSSR count). The number of carbonyl (C=O) groups is 1. The molecule has 2 N–H and O–H groups in total. The Morgan fingerprint density at radius 1 is 0.957 bits per heavy atom. The zero-order valence-electron chi connectivity index (χ0n) is 13.4. The van der Waals surface area contributed by atoms with Gasteiger partial charge in [-0.15, -0.1) is 0 Å². The highest BCUT2D eigenvalue weighted by Gasteiger charge is 2.21. The third kappa shape index (κ3) is 3.15. The molecule has 0 saturated carbocycles. The summed E-state index contributed by atoms with van der Waals surface area (Å²) in [6.45, 7) is 2.54. The fourth-order valence-corrected chi connectivity index (χ4v) is 3.88. The molecule has 23 heavy (non-hydrogen) atoms. The average Bonchev–Trinajstić information content (AvgIpc) is 3.02. The SMILES string of the molecule is O=C(C[NH+]1CCc2ccccc2C1)Nc1ccc2c(c1)CCC2. The van der Waals surface area contributed by atoms with E-state index < -0.39 is 0 Å². The largest absolute Gasteiger partial charge is 0.323 e. The Kier molecular flexibility index (Phi) is 3.88. The van der Waals surface area contributed by atoms with E-state index in [1.54, 1.807) is 0 Å². The van der Waals surface area contributed by atoms with Crippen molar-refractivity contribution in [1.29, 1.82) is 0 Å². The second kappa shape index (κ2) is 6.17. The van der Waals surface area contributed by atoms with E-state index in [2.05, 4.69) is 41.7 Å². The average molecular weight is 307 g/mol. The van der Waals surface area contributed by atoms with Crippen molar-refractivity contribution in [2.75, 3.05) is 18.4 Å². The first-order valence-electron chi connectivity index (χ1n) is 8.60. The second-order valence-electron chi connectivity index (χ2n) is 6.76. The van der Waals surface area contributed by atoms with E-state index in [1.165, 1.54) is 40.0 Å². The lowest BCUT2D eigenvalue weighted by molar-refractivity contribution is -0.907. The maximum absolute atomic E-state index is 12.4. The number of fused-ring (bicyclic) bond motifs is 2. The molecule has 3 nitrogen and oxygen atoms in total. The van der Waals surface area contributed by atoms with E-state index in [-0.39, 0.29) is 5.91 Å². The molecule has 1 amide bonds. The van der Waals surface area contributed by atoms with Gasteiger partial charge in [0.15, 0.2) is 6.54 Å². The van der Waals surface area contributed by atoms with Crippen LogP contribution in [0.5, 0.6) is 0 Å². The van der Waals surface area contributed by atoms with Crippen LogP contribution in [0, 0.1) is 0 Å². The lowest BCUT2D eigenvalue weighted by Crippen LogP contribution is -3.12. The predicted octanol–water partition coefficient (Wildman–Crippen LogP) is 1.76. The number of hydrogen-bond acceptors (Lipinski definition) is 1. The predicted molar refractivity (Wildman–Crippen MR) is 91.6 cm³/mol. The lowest BCUT2D eigenvalue weighted by atomic mass is 10.00. The van der Waals surface area contributed by atoms with Crippen LogP contribution in [0.4, 0.5) is 5.69 Å². The van der Waals surface area contributed by atoms with E-state index in [9.17, 15) is 4.79 Å². The van der Waals surface area contributed by atoms with Crippen LogP contribution >= 0.6 is 0 Å². The third-order valence-corrected chi connectivity index (χ3v) is 5.10. The molecular formula is C20H23N2O+. The number of benzene rings is 2. The molecule has 0 aromatic heterocycles. The fourth-order valence-electron chi connectivity index (χ4n) is 3.88. The highest BCUT2D eigenvalue weighted by molar-refractivity contribution is 5.91. The van der Waals surface area contributed by atoms with E-state index >= 15 is 0 Å². The van der Waals surface area contributed by atoms with Gasteiger partial charge in [-0.05, 0) is 48.1 Å². The minimum atomic E-state index is 0.123. The molecule has 0 saturated heterocycles. The molecule has 3 heteroatoms. The fraction of sp³-hybridized carbons (Fsp3) is 0.350. The smallest absolute Gasteiger partial charge is 0.279 e. The van der Waals surface area contributed by atoms with E-state index in [0.29, 0.717) is 6.54 Å². The Labute approximate surface area is 137 Å². The van der Waals surface area contributed by atoms with Gasteiger partial charge in [0.05, 0.1) is 6.54 Å². The van der Waals surface area contributed by atoms with Crippen LogP contribution in [0.2, 0.25) is 0 Å². The zero-order valence-corrected chi connectivity index (χ0v) is 13.4. The number of hydrogen-bond donors (Lipinski definition) is 2. The Balaban J connectivity index is 1.37. The summed E-state index contributed by atoms with van der Waals surface area (Å²) in [5.41, 5.74) is 6.63. The van der Waals surface area contributed by atoms with Gasteiger partial charge >= 0.3 is 0 Å². The number of nitrogens with one attached hydrogen (secondary N) is 2. The van der Waals surface area contributed by atoms with Crippen molar-refractivity contribution in [2.24, 2.45) is 0 Å². The molecule has 118 valence electrons. The van der Waals surface area contributed by atoms with Gasteiger partial charge in [-0.2, -0.15) is 0 Å². The van der Waals surface area contributed by atoms with Crippen LogP contribution in [0.1, 0.15) is 28.7 Å². The minimum absolute atomic E-state index is 0.123. The molecule has 1 atom stereocenters. The van der Waals surface area contributed by atoms with Crippen molar-refractivity contribution in [3.8, 4) is 0 Å². The number of rotatable bonds is 3. The maximum atomic E-state index is 12.4. The molecule has 0 fully saturated rings. The van der Waals surface area contributed by atoms with Crippen molar-refractivity contribution in [2.45, 2.75) is 32.2 Å². The van der Waals surface area contributed by atoms with Crippen LogP contribution in [-0.2, 0) is 30.6 Å². The summed E-state index contributed by atoms with van der Waals surface area (Å²) in [4.78, 5) is 13.7. The molecule has 1 unspecified atom stereocenters. The third-order valence-electron chi connectivity index (χ3n) is 5.10. The minimum Gasteiger partial charge on any atom is -0.323 e. The first kappa shape index (κ1) is 14.5. The van der Waals surface area contributed by atoms with Crippen LogP contribution in [0.25, 0.3) is 0 Å². The standard InChI is InChI=1S/C20H22N2O/c23-20(21-19-9-8-15-6-3-7-17(15)12-19)14-22-11-10-16-4-1-2-5-18(16)13-22/h1-2,4-5,8-9,12H,3,6-7,10-11,13-14H2,(H,21,23)/p+1. The summed E-state index contributed by atoms with van der Waals surface area (Å²) < 4.78 is 0. The topological polar surface area (TPSA) is 33.5 Å². The van der Waals surface area contributed by atoms with Crippen molar-refractivity contribution in [3.63, 3.8) is 0 Å². The summed E-state index contributed by atoms with van der Waals surface area (Å²) >= 11 is 0. The molecule has 0 radical (unpaired) electrons. The monoisotopic (exact) mass is 307 g/mol. The Morgan fingerprint density at radius 2 is 1.74 bits per heavy atom. The molecule has 1 heterocycles. The van der Waals surface area contributed by atoms with Crippen molar-refractivity contribution < 1.29 is 9.69 Å². The summed E-state index contributed by atoms with van der Waals surface area (Å²) in [5, 5.41) is 3.08.